The molecule has 1 aromatic carbocycles. The second kappa shape index (κ2) is 18.3. The minimum atomic E-state index is -1.15. The maximum absolute atomic E-state index is 14.7. The van der Waals surface area contributed by atoms with E-state index in [-0.39, 0.29) is 30.7 Å². The molecule has 4 saturated heterocycles. The van der Waals surface area contributed by atoms with Crippen LogP contribution < -0.4 is 5.32 Å². The van der Waals surface area contributed by atoms with Gasteiger partial charge in [-0.05, 0) is 44.6 Å². The zero-order valence-corrected chi connectivity index (χ0v) is 30.1. The van der Waals surface area contributed by atoms with Gasteiger partial charge in [0.1, 0.15) is 17.7 Å². The smallest absolute Gasteiger partial charge is 0.313 e. The Kier molecular flexibility index (Phi) is 13.8. The quantitative estimate of drug-likeness (QED) is 0.119. The largest absolute Gasteiger partial charge is 0.455 e. The van der Waals surface area contributed by atoms with Crippen molar-refractivity contribution in [3.63, 3.8) is 0 Å². The summed E-state index contributed by atoms with van der Waals surface area (Å²) in [7, 11) is 0. The fourth-order valence-corrected chi connectivity index (χ4v) is 8.34. The molecule has 3 amide bonds. The predicted molar refractivity (Wildman–Crippen MR) is 191 cm³/mol. The van der Waals surface area contributed by atoms with Crippen LogP contribution in [0.2, 0.25) is 0 Å². The fraction of sp³-hybridized carbons (Fsp3) is 0.641. The lowest BCUT2D eigenvalue weighted by atomic mass is 9.70. The molecule has 4 aliphatic rings. The number of nitrogens with zero attached hydrogens (tertiary/aromatic N) is 3. The fourth-order valence-electron chi connectivity index (χ4n) is 8.34. The number of unbranched alkanes of at least 4 members (excludes halogenated alkanes) is 3. The number of benzene rings is 1. The highest BCUT2D eigenvalue weighted by molar-refractivity contribution is 5.98. The van der Waals surface area contributed by atoms with Crippen LogP contribution in [-0.2, 0) is 33.4 Å². The van der Waals surface area contributed by atoms with E-state index in [0.717, 1.165) is 31.5 Å². The molecule has 0 unspecified atom stereocenters. The molecule has 0 radical (unpaired) electrons. The van der Waals surface area contributed by atoms with Crippen molar-refractivity contribution in [1.82, 2.24) is 20.0 Å². The number of morpholine rings is 1. The van der Waals surface area contributed by atoms with Crippen molar-refractivity contribution >= 4 is 23.7 Å². The molecule has 51 heavy (non-hydrogen) atoms. The molecule has 2 N–H and O–H groups in total. The SMILES string of the molecule is C=CCCC(=O)N[C@@H](C)[C@H](OC(=O)[C@@H]1[C@@H]2CC[C@]3(O2)[C@H](C(=O)N(CC=C)CCN2CCOCC2)N(CCCCCCO)C(=O)[C@@H]13)c1ccccc1. The highest BCUT2D eigenvalue weighted by Crippen LogP contribution is 2.59. The summed E-state index contributed by atoms with van der Waals surface area (Å²) in [5.74, 6) is -2.95. The molecule has 1 spiro atoms. The Morgan fingerprint density at radius 1 is 1.10 bits per heavy atom. The summed E-state index contributed by atoms with van der Waals surface area (Å²) in [5.41, 5.74) is -0.435. The van der Waals surface area contributed by atoms with Crippen molar-refractivity contribution in [3.8, 4) is 0 Å². The van der Waals surface area contributed by atoms with E-state index in [9.17, 15) is 24.3 Å². The first-order valence-corrected chi connectivity index (χ1v) is 18.7. The van der Waals surface area contributed by atoms with E-state index >= 15 is 0 Å². The number of aliphatic hydroxyl groups is 1. The lowest BCUT2D eigenvalue weighted by Crippen LogP contribution is -2.57. The second-order valence-electron chi connectivity index (χ2n) is 14.2. The molecule has 0 aliphatic carbocycles. The first-order chi connectivity index (χ1) is 24.7. The Morgan fingerprint density at radius 3 is 2.55 bits per heavy atom. The van der Waals surface area contributed by atoms with Crippen LogP contribution in [0.3, 0.4) is 0 Å². The average Bonchev–Trinajstić information content (AvgIpc) is 3.79. The van der Waals surface area contributed by atoms with E-state index in [1.807, 2.05) is 30.3 Å². The normalized spacial score (nSPS) is 26.7. The topological polar surface area (TPSA) is 138 Å². The van der Waals surface area contributed by atoms with Crippen molar-refractivity contribution in [2.45, 2.75) is 88.2 Å². The number of carbonyl (C=O) groups is 4. The van der Waals surface area contributed by atoms with Gasteiger partial charge < -0.3 is 34.4 Å². The van der Waals surface area contributed by atoms with E-state index in [4.69, 9.17) is 14.2 Å². The predicted octanol–water partition coefficient (Wildman–Crippen LogP) is 3.02. The summed E-state index contributed by atoms with van der Waals surface area (Å²) >= 11 is 0. The number of allylic oxidation sites excluding steroid dienone is 1. The summed E-state index contributed by atoms with van der Waals surface area (Å²) in [4.78, 5) is 62.0. The number of hydrogen-bond donors (Lipinski definition) is 2. The Balaban J connectivity index is 1.40. The van der Waals surface area contributed by atoms with Crippen molar-refractivity contribution < 1.29 is 38.5 Å². The molecule has 4 aliphatic heterocycles. The molecular weight excluding hydrogens is 652 g/mol. The van der Waals surface area contributed by atoms with Gasteiger partial charge in [-0.15, -0.1) is 13.2 Å². The lowest BCUT2D eigenvalue weighted by Gasteiger charge is -2.37. The number of fused-ring (bicyclic) bond motifs is 1. The third-order valence-corrected chi connectivity index (χ3v) is 10.9. The lowest BCUT2D eigenvalue weighted by molar-refractivity contribution is -0.162. The maximum atomic E-state index is 14.7. The second-order valence-corrected chi connectivity index (χ2v) is 14.2. The average molecular weight is 709 g/mol. The van der Waals surface area contributed by atoms with Crippen LogP contribution >= 0.6 is 0 Å². The van der Waals surface area contributed by atoms with Crippen LogP contribution in [0.1, 0.15) is 70.0 Å². The number of likely N-dealkylation sites (tertiary alicyclic amines) is 1. The molecule has 7 atom stereocenters. The highest BCUT2D eigenvalue weighted by atomic mass is 16.6. The van der Waals surface area contributed by atoms with Gasteiger partial charge in [0.05, 0.1) is 37.2 Å². The molecule has 4 fully saturated rings. The number of carbonyl (C=O) groups excluding carboxylic acids is 4. The van der Waals surface area contributed by atoms with Gasteiger partial charge in [0.25, 0.3) is 0 Å². The molecule has 280 valence electrons. The number of aliphatic hydroxyl groups excluding tert-OH is 1. The Morgan fingerprint density at radius 2 is 1.84 bits per heavy atom. The standard InChI is InChI=1S/C39H56N4O8/c1-4-6-16-31(45)40-28(3)34(29-14-10-9-11-15-29)50-38(48)32-30-17-18-39(51-30)33(32)36(46)43(20-12-7-8-13-25-44)35(39)37(47)42(19-5-2)22-21-41-23-26-49-27-24-41/h4-5,9-11,14-15,28,30,32-35,44H,1-2,6-8,12-13,16-27H2,3H3,(H,40,45)/t28-,30-,32+,33+,34-,35-,39+/m0/s1. The van der Waals surface area contributed by atoms with Crippen LogP contribution in [-0.4, -0.2) is 126 Å². The molecule has 1 aromatic rings. The number of hydrogen-bond acceptors (Lipinski definition) is 9. The van der Waals surface area contributed by atoms with Gasteiger partial charge in [0, 0.05) is 52.3 Å². The number of esters is 1. The van der Waals surface area contributed by atoms with Crippen LogP contribution in [0.4, 0.5) is 0 Å². The Labute approximate surface area is 302 Å². The summed E-state index contributed by atoms with van der Waals surface area (Å²) in [6.07, 6.45) is 6.75. The van der Waals surface area contributed by atoms with Gasteiger partial charge in [-0.1, -0.05) is 55.3 Å². The number of ether oxygens (including phenoxy) is 3. The van der Waals surface area contributed by atoms with Gasteiger partial charge in [0.15, 0.2) is 0 Å². The highest BCUT2D eigenvalue weighted by Gasteiger charge is 2.75. The Bertz CT molecular complexity index is 1370. The van der Waals surface area contributed by atoms with E-state index in [2.05, 4.69) is 23.4 Å². The molecule has 0 saturated carbocycles. The minimum Gasteiger partial charge on any atom is -0.455 e. The monoisotopic (exact) mass is 708 g/mol. The summed E-state index contributed by atoms with van der Waals surface area (Å²) in [6, 6.07) is 7.83. The van der Waals surface area contributed by atoms with Gasteiger partial charge in [0.2, 0.25) is 17.7 Å². The first-order valence-electron chi connectivity index (χ1n) is 18.7. The molecule has 0 aromatic heterocycles. The number of amides is 3. The van der Waals surface area contributed by atoms with Gasteiger partial charge in [-0.2, -0.15) is 0 Å². The van der Waals surface area contributed by atoms with Gasteiger partial charge >= 0.3 is 5.97 Å². The molecule has 12 nitrogen and oxygen atoms in total. The van der Waals surface area contributed by atoms with Crippen molar-refractivity contribution in [3.05, 3.63) is 61.2 Å². The van der Waals surface area contributed by atoms with E-state index in [1.165, 1.54) is 0 Å². The zero-order chi connectivity index (χ0) is 36.4. The molecule has 4 heterocycles. The summed E-state index contributed by atoms with van der Waals surface area (Å²) in [5, 5.41) is 12.2. The van der Waals surface area contributed by atoms with Crippen LogP contribution in [0.25, 0.3) is 0 Å². The van der Waals surface area contributed by atoms with E-state index < -0.39 is 47.7 Å². The molecule has 2 bridgehead atoms. The van der Waals surface area contributed by atoms with Crippen molar-refractivity contribution in [2.24, 2.45) is 11.8 Å². The molecule has 12 heteroatoms. The first kappa shape index (κ1) is 38.6. The molecule has 5 rings (SSSR count). The van der Waals surface area contributed by atoms with E-state index in [1.54, 1.807) is 28.9 Å². The van der Waals surface area contributed by atoms with Crippen molar-refractivity contribution in [1.29, 1.82) is 0 Å². The van der Waals surface area contributed by atoms with Gasteiger partial charge in [-0.3, -0.25) is 24.1 Å². The van der Waals surface area contributed by atoms with Gasteiger partial charge in [-0.25, -0.2) is 0 Å². The zero-order valence-electron chi connectivity index (χ0n) is 30.1. The number of rotatable bonds is 20. The Hall–Kier alpha value is -3.58. The van der Waals surface area contributed by atoms with Crippen LogP contribution in [0, 0.1) is 11.8 Å². The van der Waals surface area contributed by atoms with Crippen LogP contribution in [0.5, 0.6) is 0 Å². The maximum Gasteiger partial charge on any atom is 0.313 e. The number of nitrogens with one attached hydrogen (secondary N) is 1. The van der Waals surface area contributed by atoms with Crippen molar-refractivity contribution in [2.75, 3.05) is 59.1 Å². The van der Waals surface area contributed by atoms with Crippen LogP contribution in [0.15, 0.2) is 55.6 Å². The third-order valence-electron chi connectivity index (χ3n) is 10.9. The third kappa shape index (κ3) is 8.73. The minimum absolute atomic E-state index is 0.106. The molecular formula is C39H56N4O8. The summed E-state index contributed by atoms with van der Waals surface area (Å²) in [6.45, 7) is 14.2. The summed E-state index contributed by atoms with van der Waals surface area (Å²) < 4.78 is 18.5. The van der Waals surface area contributed by atoms with E-state index in [0.29, 0.717) is 71.5 Å².